The molecule has 3 amide bonds. The van der Waals surface area contributed by atoms with Crippen molar-refractivity contribution in [3.63, 3.8) is 0 Å². The number of carbonyl (C=O) groups is 5. The van der Waals surface area contributed by atoms with Crippen molar-refractivity contribution in [3.8, 4) is 0 Å². The molecule has 0 aromatic heterocycles. The molecule has 4 N–H and O–H groups in total. The predicted octanol–water partition coefficient (Wildman–Crippen LogP) is 0.506. The number of amides is 3. The van der Waals surface area contributed by atoms with Gasteiger partial charge in [0, 0.05) is 5.92 Å². The lowest BCUT2D eigenvalue weighted by Crippen LogP contribution is -2.58. The second-order valence-corrected chi connectivity index (χ2v) is 7.70. The van der Waals surface area contributed by atoms with Crippen LogP contribution < -0.4 is 16.4 Å². The molecule has 0 aliphatic rings. The van der Waals surface area contributed by atoms with Gasteiger partial charge in [-0.05, 0) is 11.5 Å². The van der Waals surface area contributed by atoms with Gasteiger partial charge in [0.25, 0.3) is 0 Å². The van der Waals surface area contributed by atoms with Crippen LogP contribution in [0.5, 0.6) is 0 Å². The van der Waals surface area contributed by atoms with Crippen LogP contribution in [-0.4, -0.2) is 56.1 Å². The Morgan fingerprint density at radius 3 is 1.88 bits per heavy atom. The van der Waals surface area contributed by atoms with Gasteiger partial charge in [-0.1, -0.05) is 51.1 Å². The van der Waals surface area contributed by atoms with Gasteiger partial charge >= 0.3 is 18.0 Å². The van der Waals surface area contributed by atoms with Crippen molar-refractivity contribution in [2.24, 2.45) is 23.5 Å². The Labute approximate surface area is 192 Å². The zero-order valence-corrected chi connectivity index (χ0v) is 19.3. The van der Waals surface area contributed by atoms with Crippen LogP contribution in [0.2, 0.25) is 0 Å². The number of benzene rings is 1. The van der Waals surface area contributed by atoms with Crippen molar-refractivity contribution in [1.82, 2.24) is 10.6 Å². The smallest absolute Gasteiger partial charge is 0.408 e. The number of carbonyl (C=O) groups excluding carboxylic acids is 5. The number of hydrogen-bond donors (Lipinski definition) is 3. The molecule has 0 aliphatic carbocycles. The molecule has 0 aliphatic heterocycles. The normalized spacial score (nSPS) is 13.4. The minimum absolute atomic E-state index is 0.00000867. The van der Waals surface area contributed by atoms with Gasteiger partial charge in [0.2, 0.25) is 11.8 Å². The van der Waals surface area contributed by atoms with E-state index in [0.29, 0.717) is 0 Å². The van der Waals surface area contributed by atoms with Gasteiger partial charge in [-0.25, -0.2) is 4.79 Å². The van der Waals surface area contributed by atoms with Gasteiger partial charge in [0.15, 0.2) is 5.92 Å². The summed E-state index contributed by atoms with van der Waals surface area (Å²) < 4.78 is 14.4. The van der Waals surface area contributed by atoms with Crippen molar-refractivity contribution in [2.45, 2.75) is 39.5 Å². The zero-order chi connectivity index (χ0) is 25.1. The predicted molar refractivity (Wildman–Crippen MR) is 116 cm³/mol. The highest BCUT2D eigenvalue weighted by atomic mass is 16.6. The first-order valence-electron chi connectivity index (χ1n) is 10.3. The highest BCUT2D eigenvalue weighted by Crippen LogP contribution is 2.20. The fraction of sp³-hybridized carbons (Fsp3) is 0.500. The number of nitrogens with one attached hydrogen (secondary N) is 2. The summed E-state index contributed by atoms with van der Waals surface area (Å²) in [6.45, 7) is 4.73. The molecule has 11 nitrogen and oxygen atoms in total. The van der Waals surface area contributed by atoms with Crippen LogP contribution in [0, 0.1) is 17.8 Å². The van der Waals surface area contributed by atoms with Crippen molar-refractivity contribution in [3.05, 3.63) is 35.9 Å². The van der Waals surface area contributed by atoms with Crippen molar-refractivity contribution in [2.75, 3.05) is 14.2 Å². The highest BCUT2D eigenvalue weighted by molar-refractivity contribution is 5.97. The molecule has 33 heavy (non-hydrogen) atoms. The topological polar surface area (TPSA) is 163 Å². The van der Waals surface area contributed by atoms with E-state index in [1.54, 1.807) is 38.1 Å². The van der Waals surface area contributed by atoms with Crippen molar-refractivity contribution >= 4 is 29.8 Å². The molecule has 0 unspecified atom stereocenters. The van der Waals surface area contributed by atoms with Crippen molar-refractivity contribution in [1.29, 1.82) is 0 Å². The number of rotatable bonds is 11. The molecule has 0 fully saturated rings. The van der Waals surface area contributed by atoms with E-state index < -0.39 is 59.7 Å². The van der Waals surface area contributed by atoms with Crippen LogP contribution in [0.1, 0.15) is 26.3 Å². The van der Waals surface area contributed by atoms with E-state index in [9.17, 15) is 24.0 Å². The molecular formula is C22H31N3O8. The quantitative estimate of drug-likeness (QED) is 0.242. The molecule has 3 atom stereocenters. The highest BCUT2D eigenvalue weighted by Gasteiger charge is 2.42. The number of ether oxygens (including phenoxy) is 3. The monoisotopic (exact) mass is 465 g/mol. The SMILES string of the molecule is COC(=O)C(C(=O)OC)[C@@H](C)[C@H](NC(=O)[C@@H](NC(=O)OCc1ccccc1)C(C)C)C(N)=O. The zero-order valence-electron chi connectivity index (χ0n) is 19.3. The Morgan fingerprint density at radius 2 is 1.42 bits per heavy atom. The Hall–Kier alpha value is -3.63. The third kappa shape index (κ3) is 8.09. The molecule has 0 radical (unpaired) electrons. The number of primary amides is 1. The fourth-order valence-electron chi connectivity index (χ4n) is 3.10. The van der Waals surface area contributed by atoms with E-state index in [0.717, 1.165) is 19.8 Å². The van der Waals surface area contributed by atoms with Crippen LogP contribution in [-0.2, 0) is 40.0 Å². The van der Waals surface area contributed by atoms with E-state index in [1.165, 1.54) is 6.92 Å². The number of nitrogens with two attached hydrogens (primary N) is 1. The van der Waals surface area contributed by atoms with Gasteiger partial charge < -0.3 is 30.6 Å². The number of alkyl carbamates (subject to hydrolysis) is 1. The first-order chi connectivity index (χ1) is 15.5. The third-order valence-corrected chi connectivity index (χ3v) is 5.00. The summed E-state index contributed by atoms with van der Waals surface area (Å²) in [4.78, 5) is 61.4. The minimum atomic E-state index is -1.50. The molecule has 0 spiro atoms. The summed E-state index contributed by atoms with van der Waals surface area (Å²) in [6, 6.07) is 6.45. The largest absolute Gasteiger partial charge is 0.468 e. The lowest BCUT2D eigenvalue weighted by atomic mass is 9.86. The number of hydrogen-bond acceptors (Lipinski definition) is 8. The molecule has 182 valence electrons. The van der Waals surface area contributed by atoms with E-state index in [4.69, 9.17) is 10.5 Å². The first-order valence-corrected chi connectivity index (χ1v) is 10.3. The summed E-state index contributed by atoms with van der Waals surface area (Å²) in [6.07, 6.45) is -0.835. The second-order valence-electron chi connectivity index (χ2n) is 7.70. The Bertz CT molecular complexity index is 827. The molecule has 0 saturated heterocycles. The maximum Gasteiger partial charge on any atom is 0.408 e. The third-order valence-electron chi connectivity index (χ3n) is 5.00. The van der Waals surface area contributed by atoms with Gasteiger partial charge in [0.05, 0.1) is 14.2 Å². The fourth-order valence-corrected chi connectivity index (χ4v) is 3.10. The second kappa shape index (κ2) is 13.0. The molecule has 11 heteroatoms. The summed E-state index contributed by atoms with van der Waals surface area (Å²) in [5.41, 5.74) is 6.19. The van der Waals surface area contributed by atoms with Gasteiger partial charge in [-0.15, -0.1) is 0 Å². The first kappa shape index (κ1) is 27.4. The lowest BCUT2D eigenvalue weighted by Gasteiger charge is -2.29. The number of esters is 2. The Morgan fingerprint density at radius 1 is 0.879 bits per heavy atom. The Kier molecular flexibility index (Phi) is 10.8. The van der Waals surface area contributed by atoms with E-state index in [2.05, 4.69) is 20.1 Å². The molecule has 0 heterocycles. The van der Waals surface area contributed by atoms with Crippen LogP contribution in [0.15, 0.2) is 30.3 Å². The van der Waals surface area contributed by atoms with Crippen LogP contribution in [0.25, 0.3) is 0 Å². The van der Waals surface area contributed by atoms with Gasteiger partial charge in [-0.2, -0.15) is 0 Å². The summed E-state index contributed by atoms with van der Waals surface area (Å²) in [5, 5.41) is 4.87. The molecule has 1 aromatic carbocycles. The molecule has 1 rings (SSSR count). The summed E-state index contributed by atoms with van der Waals surface area (Å²) >= 11 is 0. The van der Waals surface area contributed by atoms with Crippen molar-refractivity contribution < 1.29 is 38.2 Å². The summed E-state index contributed by atoms with van der Waals surface area (Å²) in [5.74, 6) is -6.61. The van der Waals surface area contributed by atoms with Crippen LogP contribution in [0.3, 0.4) is 0 Å². The lowest BCUT2D eigenvalue weighted by molar-refractivity contribution is -0.162. The van der Waals surface area contributed by atoms with E-state index in [1.807, 2.05) is 6.07 Å². The van der Waals surface area contributed by atoms with Crippen LogP contribution >= 0.6 is 0 Å². The van der Waals surface area contributed by atoms with E-state index in [-0.39, 0.29) is 6.61 Å². The van der Waals surface area contributed by atoms with E-state index >= 15 is 0 Å². The average molecular weight is 466 g/mol. The molecule has 1 aromatic rings. The minimum Gasteiger partial charge on any atom is -0.468 e. The summed E-state index contributed by atoms with van der Waals surface area (Å²) in [7, 11) is 2.14. The van der Waals surface area contributed by atoms with Gasteiger partial charge in [-0.3, -0.25) is 19.2 Å². The maximum absolute atomic E-state index is 12.9. The molecule has 0 bridgehead atoms. The average Bonchev–Trinajstić information content (AvgIpc) is 2.79. The molecule has 0 saturated carbocycles. The van der Waals surface area contributed by atoms with Gasteiger partial charge in [0.1, 0.15) is 18.7 Å². The number of methoxy groups -OCH3 is 2. The standard InChI is InChI=1S/C22H31N3O8/c1-12(2)16(25-22(30)33-11-14-9-7-6-8-10-14)19(27)24-17(18(23)26)13(3)15(20(28)31-4)21(29)32-5/h6-10,12-13,15-17H,11H2,1-5H3,(H2,23,26)(H,24,27)(H,25,30)/t13-,16+,17+/m1/s1. The Balaban J connectivity index is 2.93. The van der Waals surface area contributed by atoms with Crippen LogP contribution in [0.4, 0.5) is 4.79 Å². The maximum atomic E-state index is 12.9. The molecular weight excluding hydrogens is 434 g/mol.